The molecule has 8 nitrogen and oxygen atoms in total. The lowest BCUT2D eigenvalue weighted by atomic mass is 9.95. The van der Waals surface area contributed by atoms with Gasteiger partial charge in [-0.25, -0.2) is 0 Å². The van der Waals surface area contributed by atoms with E-state index >= 15 is 0 Å². The maximum Gasteiger partial charge on any atom is 0.300 e. The fourth-order valence-corrected chi connectivity index (χ4v) is 3.99. The zero-order chi connectivity index (χ0) is 24.2. The summed E-state index contributed by atoms with van der Waals surface area (Å²) >= 11 is 0. The van der Waals surface area contributed by atoms with Gasteiger partial charge in [0.05, 0.1) is 32.4 Å². The van der Waals surface area contributed by atoms with Crippen LogP contribution in [0.15, 0.2) is 72.6 Å². The summed E-state index contributed by atoms with van der Waals surface area (Å²) in [5, 5.41) is 11.3. The van der Waals surface area contributed by atoms with Crippen molar-refractivity contribution in [1.29, 1.82) is 0 Å². The standard InChI is InChI=1S/C26H24N2O6/c1-4-34-19-7-5-6-18(15-19)28-23(16-10-12-27-13-11-16)22(25(30)26(28)31)24(29)17-8-9-20(32-2)21(14-17)33-3/h5-15,23,29H,4H2,1-3H3/b24-22+. The van der Waals surface area contributed by atoms with Gasteiger partial charge in [0.15, 0.2) is 11.5 Å². The Balaban J connectivity index is 1.91. The van der Waals surface area contributed by atoms with Gasteiger partial charge in [-0.2, -0.15) is 0 Å². The van der Waals surface area contributed by atoms with Crippen LogP contribution in [-0.2, 0) is 9.59 Å². The van der Waals surface area contributed by atoms with Crippen molar-refractivity contribution in [2.24, 2.45) is 0 Å². The van der Waals surface area contributed by atoms with Crippen LogP contribution in [0.5, 0.6) is 17.2 Å². The minimum Gasteiger partial charge on any atom is -0.507 e. The van der Waals surface area contributed by atoms with E-state index in [2.05, 4.69) is 4.98 Å². The highest BCUT2D eigenvalue weighted by atomic mass is 16.5. The zero-order valence-corrected chi connectivity index (χ0v) is 19.0. The predicted molar refractivity (Wildman–Crippen MR) is 126 cm³/mol. The molecule has 174 valence electrons. The first-order valence-electron chi connectivity index (χ1n) is 10.7. The molecule has 8 heteroatoms. The number of rotatable bonds is 7. The van der Waals surface area contributed by atoms with Crippen molar-refractivity contribution < 1.29 is 28.9 Å². The van der Waals surface area contributed by atoms with Crippen LogP contribution in [0, 0.1) is 0 Å². The summed E-state index contributed by atoms with van der Waals surface area (Å²) in [6.45, 7) is 2.31. The molecule has 0 spiro atoms. The molecule has 0 saturated carbocycles. The van der Waals surface area contributed by atoms with Gasteiger partial charge in [0, 0.05) is 29.7 Å². The maximum absolute atomic E-state index is 13.3. The average Bonchev–Trinajstić information content (AvgIpc) is 3.14. The van der Waals surface area contributed by atoms with Crippen LogP contribution < -0.4 is 19.1 Å². The number of aromatic nitrogens is 1. The second-order valence-electron chi connectivity index (χ2n) is 7.45. The largest absolute Gasteiger partial charge is 0.507 e. The molecule has 1 aliphatic heterocycles. The number of hydrogen-bond donors (Lipinski definition) is 1. The lowest BCUT2D eigenvalue weighted by molar-refractivity contribution is -0.132. The molecule has 4 rings (SSSR count). The molecule has 0 aliphatic carbocycles. The Hall–Kier alpha value is -4.33. The third-order valence-corrected chi connectivity index (χ3v) is 5.53. The summed E-state index contributed by atoms with van der Waals surface area (Å²) in [6, 6.07) is 14.3. The van der Waals surface area contributed by atoms with Crippen molar-refractivity contribution in [3.8, 4) is 17.2 Å². The van der Waals surface area contributed by atoms with Crippen LogP contribution in [-0.4, -0.2) is 42.6 Å². The Morgan fingerprint density at radius 2 is 1.74 bits per heavy atom. The van der Waals surface area contributed by atoms with Crippen molar-refractivity contribution in [2.45, 2.75) is 13.0 Å². The number of aliphatic hydroxyl groups is 1. The van der Waals surface area contributed by atoms with Crippen molar-refractivity contribution in [3.63, 3.8) is 0 Å². The van der Waals surface area contributed by atoms with Crippen molar-refractivity contribution >= 4 is 23.1 Å². The molecule has 1 aliphatic rings. The van der Waals surface area contributed by atoms with E-state index in [1.165, 1.54) is 19.1 Å². The highest BCUT2D eigenvalue weighted by Gasteiger charge is 2.47. The molecule has 1 atom stereocenters. The molecule has 34 heavy (non-hydrogen) atoms. The van der Waals surface area contributed by atoms with E-state index in [9.17, 15) is 14.7 Å². The minimum atomic E-state index is -0.868. The monoisotopic (exact) mass is 460 g/mol. The first-order valence-corrected chi connectivity index (χ1v) is 10.7. The van der Waals surface area contributed by atoms with E-state index in [4.69, 9.17) is 14.2 Å². The number of amides is 1. The van der Waals surface area contributed by atoms with Gasteiger partial charge in [-0.05, 0) is 55.0 Å². The number of pyridine rings is 1. The second-order valence-corrected chi connectivity index (χ2v) is 7.45. The van der Waals surface area contributed by atoms with Crippen molar-refractivity contribution in [1.82, 2.24) is 4.98 Å². The van der Waals surface area contributed by atoms with Crippen LogP contribution in [0.4, 0.5) is 5.69 Å². The quantitative estimate of drug-likeness (QED) is 0.322. The number of ether oxygens (including phenoxy) is 3. The summed E-state index contributed by atoms with van der Waals surface area (Å²) < 4.78 is 16.2. The number of hydrogen-bond acceptors (Lipinski definition) is 7. The van der Waals surface area contributed by atoms with Crippen molar-refractivity contribution in [3.05, 3.63) is 83.7 Å². The van der Waals surface area contributed by atoms with Gasteiger partial charge in [0.2, 0.25) is 0 Å². The van der Waals surface area contributed by atoms with Gasteiger partial charge in [0.1, 0.15) is 11.5 Å². The fraction of sp³-hybridized carbons (Fsp3) is 0.192. The van der Waals surface area contributed by atoms with E-state index in [0.717, 1.165) is 0 Å². The molecule has 1 unspecified atom stereocenters. The van der Waals surface area contributed by atoms with Gasteiger partial charge in [-0.15, -0.1) is 0 Å². The summed E-state index contributed by atoms with van der Waals surface area (Å²) in [7, 11) is 2.98. The molecule has 1 N–H and O–H groups in total. The first kappa shape index (κ1) is 22.8. The summed E-state index contributed by atoms with van der Waals surface area (Å²) in [6.07, 6.45) is 3.14. The number of carbonyl (C=O) groups is 2. The van der Waals surface area contributed by atoms with Crippen LogP contribution in [0.2, 0.25) is 0 Å². The number of Topliss-reactive ketones (excluding diaryl/α,β-unsaturated/α-hetero) is 1. The molecular weight excluding hydrogens is 436 g/mol. The normalized spacial score (nSPS) is 17.0. The van der Waals surface area contributed by atoms with E-state index in [0.29, 0.717) is 40.7 Å². The van der Waals surface area contributed by atoms with Gasteiger partial charge in [0.25, 0.3) is 11.7 Å². The number of ketones is 1. The topological polar surface area (TPSA) is 98.2 Å². The summed E-state index contributed by atoms with van der Waals surface area (Å²) in [5.74, 6) is -0.447. The minimum absolute atomic E-state index is 0.0368. The van der Waals surface area contributed by atoms with Gasteiger partial charge >= 0.3 is 0 Å². The molecule has 1 aromatic heterocycles. The first-order chi connectivity index (χ1) is 16.5. The Bertz CT molecular complexity index is 1260. The van der Waals surface area contributed by atoms with Crippen LogP contribution in [0.3, 0.4) is 0 Å². The smallest absolute Gasteiger partial charge is 0.300 e. The van der Waals surface area contributed by atoms with E-state index in [1.54, 1.807) is 67.0 Å². The van der Waals surface area contributed by atoms with Crippen LogP contribution >= 0.6 is 0 Å². The maximum atomic E-state index is 13.3. The van der Waals surface area contributed by atoms with E-state index in [1.807, 2.05) is 6.92 Å². The Labute approximate surface area is 197 Å². The lowest BCUT2D eigenvalue weighted by Gasteiger charge is -2.25. The summed E-state index contributed by atoms with van der Waals surface area (Å²) in [4.78, 5) is 31.9. The number of methoxy groups -OCH3 is 2. The molecular formula is C26H24N2O6. The van der Waals surface area contributed by atoms with Crippen LogP contribution in [0.1, 0.15) is 24.1 Å². The number of nitrogens with zero attached hydrogens (tertiary/aromatic N) is 2. The SMILES string of the molecule is CCOc1cccc(N2C(=O)C(=O)/C(=C(/O)c3ccc(OC)c(OC)c3)C2c2ccncc2)c1. The van der Waals surface area contributed by atoms with Crippen LogP contribution in [0.25, 0.3) is 5.76 Å². The molecule has 1 fully saturated rings. The number of carbonyl (C=O) groups excluding carboxylic acids is 2. The highest BCUT2D eigenvalue weighted by molar-refractivity contribution is 6.51. The Kier molecular flexibility index (Phi) is 6.49. The molecule has 2 heterocycles. The molecule has 1 saturated heterocycles. The number of anilines is 1. The fourth-order valence-electron chi connectivity index (χ4n) is 3.99. The molecule has 0 bridgehead atoms. The van der Waals surface area contributed by atoms with E-state index in [-0.39, 0.29) is 11.3 Å². The number of benzene rings is 2. The third kappa shape index (κ3) is 4.05. The molecule has 3 aromatic rings. The Morgan fingerprint density at radius 3 is 2.41 bits per heavy atom. The molecule has 2 aromatic carbocycles. The highest BCUT2D eigenvalue weighted by Crippen LogP contribution is 2.43. The second kappa shape index (κ2) is 9.66. The third-order valence-electron chi connectivity index (χ3n) is 5.53. The number of aliphatic hydroxyl groups excluding tert-OH is 1. The lowest BCUT2D eigenvalue weighted by Crippen LogP contribution is -2.29. The Morgan fingerprint density at radius 1 is 1.00 bits per heavy atom. The predicted octanol–water partition coefficient (Wildman–Crippen LogP) is 4.12. The average molecular weight is 460 g/mol. The summed E-state index contributed by atoms with van der Waals surface area (Å²) in [5.41, 5.74) is 1.38. The van der Waals surface area contributed by atoms with Gasteiger partial charge in [-0.1, -0.05) is 6.07 Å². The molecule has 1 amide bonds. The molecule has 0 radical (unpaired) electrons. The zero-order valence-electron chi connectivity index (χ0n) is 19.0. The van der Waals surface area contributed by atoms with E-state index < -0.39 is 17.7 Å². The van der Waals surface area contributed by atoms with Gasteiger partial charge in [-0.3, -0.25) is 19.5 Å². The van der Waals surface area contributed by atoms with Gasteiger partial charge < -0.3 is 19.3 Å². The van der Waals surface area contributed by atoms with Crippen molar-refractivity contribution in [2.75, 3.05) is 25.7 Å².